The minimum atomic E-state index is -0.248. The number of anilines is 3. The van der Waals surface area contributed by atoms with Crippen LogP contribution in [0, 0.1) is 0 Å². The van der Waals surface area contributed by atoms with Crippen LogP contribution in [-0.2, 0) is 15.0 Å². The van der Waals surface area contributed by atoms with Gasteiger partial charge in [0, 0.05) is 29.9 Å². The highest BCUT2D eigenvalue weighted by molar-refractivity contribution is 6.07. The molecule has 122 valence electrons. The molecule has 0 saturated heterocycles. The van der Waals surface area contributed by atoms with Gasteiger partial charge in [-0.2, -0.15) is 0 Å². The number of hydrogen-bond acceptors (Lipinski definition) is 3. The molecule has 2 aromatic rings. The molecule has 0 spiro atoms. The summed E-state index contributed by atoms with van der Waals surface area (Å²) in [5.41, 5.74) is 2.93. The molecule has 1 aliphatic rings. The van der Waals surface area contributed by atoms with Crippen molar-refractivity contribution < 1.29 is 9.59 Å². The van der Waals surface area contributed by atoms with Crippen molar-refractivity contribution in [3.8, 4) is 0 Å². The molecule has 0 radical (unpaired) electrons. The van der Waals surface area contributed by atoms with E-state index in [4.69, 9.17) is 0 Å². The van der Waals surface area contributed by atoms with Crippen LogP contribution in [0.1, 0.15) is 25.8 Å². The predicted molar refractivity (Wildman–Crippen MR) is 94.3 cm³/mol. The normalized spacial score (nSPS) is 15.2. The largest absolute Gasteiger partial charge is 0.326 e. The number of nitrogens with one attached hydrogen (secondary N) is 1. The van der Waals surface area contributed by atoms with E-state index in [1.165, 1.54) is 6.08 Å². The van der Waals surface area contributed by atoms with Gasteiger partial charge < -0.3 is 5.32 Å². The lowest BCUT2D eigenvalue weighted by Crippen LogP contribution is -2.33. The summed E-state index contributed by atoms with van der Waals surface area (Å²) < 4.78 is 0. The van der Waals surface area contributed by atoms with Crippen LogP contribution in [0.15, 0.2) is 55.4 Å². The third-order valence-electron chi connectivity index (χ3n) is 4.18. The molecule has 1 aliphatic heterocycles. The summed E-state index contributed by atoms with van der Waals surface area (Å²) in [5.74, 6) is -0.266. The topological polar surface area (TPSA) is 62.3 Å². The second kappa shape index (κ2) is 5.92. The Labute approximate surface area is 141 Å². The van der Waals surface area contributed by atoms with E-state index in [1.54, 1.807) is 29.4 Å². The number of aromatic nitrogens is 1. The van der Waals surface area contributed by atoms with E-state index >= 15 is 0 Å². The Balaban J connectivity index is 2.10. The van der Waals surface area contributed by atoms with Crippen molar-refractivity contribution in [2.75, 3.05) is 10.2 Å². The van der Waals surface area contributed by atoms with Gasteiger partial charge in [0.2, 0.25) is 5.91 Å². The number of rotatable bonds is 3. The number of amides is 2. The van der Waals surface area contributed by atoms with Crippen molar-refractivity contribution in [2.24, 2.45) is 0 Å². The van der Waals surface area contributed by atoms with Gasteiger partial charge in [-0.1, -0.05) is 26.5 Å². The average Bonchev–Trinajstić information content (AvgIpc) is 2.54. The molecule has 24 heavy (non-hydrogen) atoms. The highest BCUT2D eigenvalue weighted by Crippen LogP contribution is 2.40. The molecule has 0 bridgehead atoms. The van der Waals surface area contributed by atoms with Gasteiger partial charge in [0.05, 0.1) is 11.4 Å². The summed E-state index contributed by atoms with van der Waals surface area (Å²) in [5, 5.41) is 2.90. The molecular weight excluding hydrogens is 302 g/mol. The molecular formula is C19H19N3O2. The maximum atomic E-state index is 12.4. The summed E-state index contributed by atoms with van der Waals surface area (Å²) in [7, 11) is 0. The molecule has 5 heteroatoms. The van der Waals surface area contributed by atoms with Gasteiger partial charge in [0.1, 0.15) is 0 Å². The van der Waals surface area contributed by atoms with Gasteiger partial charge in [-0.05, 0) is 35.9 Å². The lowest BCUT2D eigenvalue weighted by molar-refractivity contribution is -0.117. The first-order valence-corrected chi connectivity index (χ1v) is 7.73. The van der Waals surface area contributed by atoms with E-state index in [1.807, 2.05) is 32.0 Å². The SMILES string of the molecule is C=CC(=O)N(c1ccncc1)c1ccc2c(c1)NC(=O)CC2(C)C. The number of hydrogen-bond donors (Lipinski definition) is 1. The summed E-state index contributed by atoms with van der Waals surface area (Å²) in [6.07, 6.45) is 4.96. The first kappa shape index (κ1) is 15.9. The van der Waals surface area contributed by atoms with E-state index in [2.05, 4.69) is 16.9 Å². The fourth-order valence-corrected chi connectivity index (χ4v) is 3.04. The summed E-state index contributed by atoms with van der Waals surface area (Å²) >= 11 is 0. The smallest absolute Gasteiger partial charge is 0.254 e. The van der Waals surface area contributed by atoms with Crippen LogP contribution in [0.25, 0.3) is 0 Å². The predicted octanol–water partition coefficient (Wildman–Crippen LogP) is 3.55. The third-order valence-corrected chi connectivity index (χ3v) is 4.18. The minimum Gasteiger partial charge on any atom is -0.326 e. The Morgan fingerprint density at radius 1 is 1.25 bits per heavy atom. The molecule has 1 aromatic heterocycles. The van der Waals surface area contributed by atoms with E-state index in [0.717, 1.165) is 11.3 Å². The van der Waals surface area contributed by atoms with E-state index in [-0.39, 0.29) is 17.2 Å². The molecule has 0 atom stereocenters. The van der Waals surface area contributed by atoms with Gasteiger partial charge in [-0.3, -0.25) is 19.5 Å². The van der Waals surface area contributed by atoms with E-state index in [0.29, 0.717) is 17.8 Å². The molecule has 5 nitrogen and oxygen atoms in total. The molecule has 0 aliphatic carbocycles. The Morgan fingerprint density at radius 2 is 1.96 bits per heavy atom. The van der Waals surface area contributed by atoms with E-state index in [9.17, 15) is 9.59 Å². The number of pyridine rings is 1. The first-order chi connectivity index (χ1) is 11.4. The zero-order valence-electron chi connectivity index (χ0n) is 13.7. The number of benzene rings is 1. The van der Waals surface area contributed by atoms with Crippen LogP contribution in [0.3, 0.4) is 0 Å². The zero-order chi connectivity index (χ0) is 17.3. The lowest BCUT2D eigenvalue weighted by Gasteiger charge is -2.33. The van der Waals surface area contributed by atoms with Gasteiger partial charge in [0.25, 0.3) is 5.91 Å². The van der Waals surface area contributed by atoms with E-state index < -0.39 is 0 Å². The fourth-order valence-electron chi connectivity index (χ4n) is 3.04. The highest BCUT2D eigenvalue weighted by atomic mass is 16.2. The maximum absolute atomic E-state index is 12.4. The summed E-state index contributed by atoms with van der Waals surface area (Å²) in [4.78, 5) is 29.9. The van der Waals surface area contributed by atoms with Gasteiger partial charge in [0.15, 0.2) is 0 Å². The van der Waals surface area contributed by atoms with Crippen LogP contribution < -0.4 is 10.2 Å². The van der Waals surface area contributed by atoms with Crippen molar-refractivity contribution in [2.45, 2.75) is 25.7 Å². The number of fused-ring (bicyclic) bond motifs is 1. The molecule has 0 fully saturated rings. The van der Waals surface area contributed by atoms with Crippen LogP contribution in [0.4, 0.5) is 17.1 Å². The van der Waals surface area contributed by atoms with Crippen molar-refractivity contribution in [3.63, 3.8) is 0 Å². The molecule has 2 amide bonds. The number of carbonyl (C=O) groups is 2. The second-order valence-corrected chi connectivity index (χ2v) is 6.42. The summed E-state index contributed by atoms with van der Waals surface area (Å²) in [6, 6.07) is 9.19. The Hall–Kier alpha value is -2.95. The monoisotopic (exact) mass is 321 g/mol. The lowest BCUT2D eigenvalue weighted by atomic mass is 9.78. The van der Waals surface area contributed by atoms with Crippen molar-refractivity contribution in [1.29, 1.82) is 0 Å². The van der Waals surface area contributed by atoms with Crippen LogP contribution in [0.5, 0.6) is 0 Å². The fraction of sp³-hybridized carbons (Fsp3) is 0.211. The van der Waals surface area contributed by atoms with Crippen LogP contribution >= 0.6 is 0 Å². The molecule has 0 unspecified atom stereocenters. The third kappa shape index (κ3) is 2.80. The minimum absolute atomic E-state index is 0.0184. The van der Waals surface area contributed by atoms with Crippen molar-refractivity contribution >= 4 is 28.9 Å². The second-order valence-electron chi connectivity index (χ2n) is 6.42. The Kier molecular flexibility index (Phi) is 3.93. The molecule has 3 rings (SSSR count). The summed E-state index contributed by atoms with van der Waals surface area (Å²) in [6.45, 7) is 7.66. The first-order valence-electron chi connectivity index (χ1n) is 7.73. The highest BCUT2D eigenvalue weighted by Gasteiger charge is 2.32. The molecule has 1 N–H and O–H groups in total. The molecule has 2 heterocycles. The zero-order valence-corrected chi connectivity index (χ0v) is 13.7. The quantitative estimate of drug-likeness (QED) is 0.879. The van der Waals surface area contributed by atoms with Crippen LogP contribution in [-0.4, -0.2) is 16.8 Å². The molecule has 0 saturated carbocycles. The van der Waals surface area contributed by atoms with Gasteiger partial charge >= 0.3 is 0 Å². The number of nitrogens with zero attached hydrogens (tertiary/aromatic N) is 2. The van der Waals surface area contributed by atoms with Crippen molar-refractivity contribution in [3.05, 3.63) is 60.9 Å². The average molecular weight is 321 g/mol. The molecule has 1 aromatic carbocycles. The Bertz CT molecular complexity index is 813. The maximum Gasteiger partial charge on any atom is 0.254 e. The Morgan fingerprint density at radius 3 is 2.62 bits per heavy atom. The van der Waals surface area contributed by atoms with Crippen LogP contribution in [0.2, 0.25) is 0 Å². The van der Waals surface area contributed by atoms with Gasteiger partial charge in [-0.15, -0.1) is 0 Å². The van der Waals surface area contributed by atoms with Gasteiger partial charge in [-0.25, -0.2) is 0 Å². The number of carbonyl (C=O) groups excluding carboxylic acids is 2. The standard InChI is InChI=1S/C19H19N3O2/c1-4-18(24)22(13-7-9-20-10-8-13)14-5-6-15-16(11-14)21-17(23)12-19(15,2)3/h4-11H,1,12H2,2-3H3,(H,21,23). The van der Waals surface area contributed by atoms with Crippen molar-refractivity contribution in [1.82, 2.24) is 4.98 Å².